The molecule has 1 aliphatic heterocycles. The average molecular weight is 300 g/mol. The van der Waals surface area contributed by atoms with E-state index in [0.717, 1.165) is 45.8 Å². The van der Waals surface area contributed by atoms with Gasteiger partial charge in [0.1, 0.15) is 0 Å². The van der Waals surface area contributed by atoms with Crippen LogP contribution in [-0.2, 0) is 0 Å². The van der Waals surface area contributed by atoms with E-state index in [4.69, 9.17) is 0 Å². The first-order valence-electron chi connectivity index (χ1n) is 8.88. The number of rotatable bonds is 12. The Morgan fingerprint density at radius 3 is 2.00 bits per heavy atom. The van der Waals surface area contributed by atoms with Gasteiger partial charge in [0, 0.05) is 65.4 Å². The van der Waals surface area contributed by atoms with Crippen LogP contribution in [0.4, 0.5) is 0 Å². The zero-order chi connectivity index (χ0) is 15.3. The van der Waals surface area contributed by atoms with Crippen molar-refractivity contribution in [3.8, 4) is 0 Å². The van der Waals surface area contributed by atoms with Gasteiger partial charge in [0.2, 0.25) is 0 Å². The highest BCUT2D eigenvalue weighted by Gasteiger charge is 2.14. The predicted molar refractivity (Wildman–Crippen MR) is 92.1 cm³/mol. The molecule has 0 amide bonds. The Balaban J connectivity index is 1.96. The Labute approximate surface area is 132 Å². The minimum absolute atomic E-state index is 1.07. The first kappa shape index (κ1) is 18.8. The van der Waals surface area contributed by atoms with Gasteiger partial charge < -0.3 is 20.4 Å². The van der Waals surface area contributed by atoms with Gasteiger partial charge in [0.25, 0.3) is 0 Å². The van der Waals surface area contributed by atoms with Gasteiger partial charge in [-0.1, -0.05) is 20.8 Å². The highest BCUT2D eigenvalue weighted by Crippen LogP contribution is 1.99. The Hall–Kier alpha value is -0.200. The Kier molecular flexibility index (Phi) is 11.1. The van der Waals surface area contributed by atoms with Gasteiger partial charge in [-0.25, -0.2) is 0 Å². The van der Waals surface area contributed by atoms with Crippen molar-refractivity contribution in [3.63, 3.8) is 0 Å². The lowest BCUT2D eigenvalue weighted by Crippen LogP contribution is -2.48. The molecule has 0 aliphatic carbocycles. The fourth-order valence-corrected chi connectivity index (χ4v) is 2.77. The molecule has 21 heavy (non-hydrogen) atoms. The molecule has 1 rings (SSSR count). The lowest BCUT2D eigenvalue weighted by atomic mass is 10.3. The largest absolute Gasteiger partial charge is 0.316 e. The van der Waals surface area contributed by atoms with E-state index in [1.54, 1.807) is 0 Å². The van der Waals surface area contributed by atoms with Crippen LogP contribution in [0.2, 0.25) is 0 Å². The van der Waals surface area contributed by atoms with Gasteiger partial charge in [-0.15, -0.1) is 0 Å². The summed E-state index contributed by atoms with van der Waals surface area (Å²) in [6, 6.07) is 0. The van der Waals surface area contributed by atoms with E-state index in [9.17, 15) is 0 Å². The van der Waals surface area contributed by atoms with E-state index in [1.807, 2.05) is 0 Å². The maximum absolute atomic E-state index is 3.60. The van der Waals surface area contributed by atoms with Crippen molar-refractivity contribution in [1.29, 1.82) is 0 Å². The van der Waals surface area contributed by atoms with E-state index in [-0.39, 0.29) is 0 Å². The van der Waals surface area contributed by atoms with E-state index < -0.39 is 0 Å². The summed E-state index contributed by atoms with van der Waals surface area (Å²) in [5.74, 6) is 0. The van der Waals surface area contributed by atoms with E-state index in [2.05, 4.69) is 46.1 Å². The average Bonchev–Trinajstić information content (AvgIpc) is 2.53. The van der Waals surface area contributed by atoms with E-state index >= 15 is 0 Å². The lowest BCUT2D eigenvalue weighted by Gasteiger charge is -2.34. The Morgan fingerprint density at radius 1 is 0.810 bits per heavy atom. The number of nitrogens with zero attached hydrogens (tertiary/aromatic N) is 3. The molecule has 0 spiro atoms. The molecule has 0 bridgehead atoms. The van der Waals surface area contributed by atoms with Crippen LogP contribution in [0, 0.1) is 0 Å². The monoisotopic (exact) mass is 299 g/mol. The van der Waals surface area contributed by atoms with Crippen molar-refractivity contribution in [2.24, 2.45) is 0 Å². The van der Waals surface area contributed by atoms with Crippen LogP contribution in [-0.4, -0.2) is 99.8 Å². The predicted octanol–water partition coefficient (Wildman–Crippen LogP) is 0.145. The third-order valence-electron chi connectivity index (χ3n) is 4.42. The minimum atomic E-state index is 1.07. The molecule has 1 fully saturated rings. The van der Waals surface area contributed by atoms with Crippen molar-refractivity contribution in [2.75, 3.05) is 85.1 Å². The molecule has 126 valence electrons. The summed E-state index contributed by atoms with van der Waals surface area (Å²) in [4.78, 5) is 7.63. The van der Waals surface area contributed by atoms with Crippen molar-refractivity contribution >= 4 is 0 Å². The van der Waals surface area contributed by atoms with E-state index in [1.165, 1.54) is 39.3 Å². The number of nitrogens with one attached hydrogen (secondary N) is 2. The summed E-state index contributed by atoms with van der Waals surface area (Å²) in [5, 5.41) is 6.99. The van der Waals surface area contributed by atoms with Gasteiger partial charge in [-0.3, -0.25) is 4.90 Å². The maximum atomic E-state index is 3.60. The van der Waals surface area contributed by atoms with Gasteiger partial charge in [-0.05, 0) is 19.6 Å². The molecule has 1 heterocycles. The molecule has 0 aromatic carbocycles. The molecule has 2 N–H and O–H groups in total. The van der Waals surface area contributed by atoms with Crippen LogP contribution in [0.1, 0.15) is 20.8 Å². The second-order valence-corrected chi connectivity index (χ2v) is 5.81. The zero-order valence-electron chi connectivity index (χ0n) is 14.5. The van der Waals surface area contributed by atoms with Crippen LogP contribution in [0.3, 0.4) is 0 Å². The van der Waals surface area contributed by atoms with Gasteiger partial charge >= 0.3 is 0 Å². The van der Waals surface area contributed by atoms with Gasteiger partial charge in [0.05, 0.1) is 0 Å². The summed E-state index contributed by atoms with van der Waals surface area (Å²) >= 11 is 0. The van der Waals surface area contributed by atoms with Crippen molar-refractivity contribution in [1.82, 2.24) is 25.3 Å². The third kappa shape index (κ3) is 8.73. The first-order chi connectivity index (χ1) is 10.3. The minimum Gasteiger partial charge on any atom is -0.316 e. The van der Waals surface area contributed by atoms with Gasteiger partial charge in [-0.2, -0.15) is 0 Å². The van der Waals surface area contributed by atoms with Gasteiger partial charge in [0.15, 0.2) is 0 Å². The van der Waals surface area contributed by atoms with Crippen molar-refractivity contribution < 1.29 is 0 Å². The molecular formula is C16H37N5. The number of hydrogen-bond acceptors (Lipinski definition) is 5. The second kappa shape index (κ2) is 12.4. The topological polar surface area (TPSA) is 33.8 Å². The first-order valence-corrected chi connectivity index (χ1v) is 8.88. The summed E-state index contributed by atoms with van der Waals surface area (Å²) in [6.07, 6.45) is 0. The molecule has 0 aromatic rings. The number of piperazine rings is 1. The Morgan fingerprint density at radius 2 is 1.43 bits per heavy atom. The zero-order valence-corrected chi connectivity index (χ0v) is 14.5. The van der Waals surface area contributed by atoms with Crippen LogP contribution in [0.25, 0.3) is 0 Å². The fraction of sp³-hybridized carbons (Fsp3) is 1.00. The molecule has 5 nitrogen and oxygen atoms in total. The lowest BCUT2D eigenvalue weighted by molar-refractivity contribution is 0.137. The molecule has 0 unspecified atom stereocenters. The highest BCUT2D eigenvalue weighted by atomic mass is 15.3. The smallest absolute Gasteiger partial charge is 0.0110 e. The van der Waals surface area contributed by atoms with Crippen LogP contribution >= 0.6 is 0 Å². The summed E-state index contributed by atoms with van der Waals surface area (Å²) in [5.41, 5.74) is 0. The Bertz CT molecular complexity index is 222. The second-order valence-electron chi connectivity index (χ2n) is 5.81. The number of likely N-dealkylation sites (N-methyl/N-ethyl adjacent to an activating group) is 3. The molecular weight excluding hydrogens is 262 g/mol. The maximum Gasteiger partial charge on any atom is 0.0110 e. The molecule has 0 saturated carbocycles. The molecule has 0 atom stereocenters. The van der Waals surface area contributed by atoms with Crippen LogP contribution in [0.15, 0.2) is 0 Å². The molecule has 0 aromatic heterocycles. The third-order valence-corrected chi connectivity index (χ3v) is 4.42. The summed E-state index contributed by atoms with van der Waals surface area (Å²) in [7, 11) is 0. The van der Waals surface area contributed by atoms with Crippen molar-refractivity contribution in [3.05, 3.63) is 0 Å². The summed E-state index contributed by atoms with van der Waals surface area (Å²) in [6.45, 7) is 21.9. The fourth-order valence-electron chi connectivity index (χ4n) is 2.77. The molecule has 1 saturated heterocycles. The highest BCUT2D eigenvalue weighted by molar-refractivity contribution is 4.71. The SMILES string of the molecule is CCNCCN(CC)CCNCCN1CCN(CC)CC1. The molecule has 1 aliphatic rings. The summed E-state index contributed by atoms with van der Waals surface area (Å²) < 4.78 is 0. The van der Waals surface area contributed by atoms with Crippen LogP contribution < -0.4 is 10.6 Å². The van der Waals surface area contributed by atoms with Crippen LogP contribution in [0.5, 0.6) is 0 Å². The van der Waals surface area contributed by atoms with Crippen molar-refractivity contribution in [2.45, 2.75) is 20.8 Å². The molecule has 0 radical (unpaired) electrons. The number of hydrogen-bond donors (Lipinski definition) is 2. The standard InChI is InChI=1S/C16H37N5/c1-4-17-7-10-19(5-2)11-8-18-9-12-21-15-13-20(6-3)14-16-21/h17-18H,4-16H2,1-3H3. The normalized spacial score (nSPS) is 17.7. The quantitative estimate of drug-likeness (QED) is 0.501. The molecule has 5 heteroatoms. The van der Waals surface area contributed by atoms with E-state index in [0.29, 0.717) is 0 Å².